The first-order chi connectivity index (χ1) is 4.46. The van der Waals surface area contributed by atoms with Gasteiger partial charge in [0.1, 0.15) is 4.35 Å². The quantitative estimate of drug-likeness (QED) is 0.338. The van der Waals surface area contributed by atoms with E-state index in [2.05, 4.69) is 61.1 Å². The van der Waals surface area contributed by atoms with Crippen LogP contribution in [0, 0.1) is 0 Å². The Morgan fingerprint density at radius 2 is 1.20 bits per heavy atom. The lowest BCUT2D eigenvalue weighted by Crippen LogP contribution is -2.55. The molecule has 0 nitrogen and oxygen atoms in total. The van der Waals surface area contributed by atoms with Gasteiger partial charge in [0.2, 0.25) is 0 Å². The van der Waals surface area contributed by atoms with Crippen LogP contribution in [0.1, 0.15) is 0 Å². The third-order valence-electron chi connectivity index (χ3n) is 2.19. The average molecular weight is 234 g/mol. The Balaban J connectivity index is 3.81. The van der Waals surface area contributed by atoms with Crippen molar-refractivity contribution in [1.82, 2.24) is 0 Å². The van der Waals surface area contributed by atoms with Crippen LogP contribution in [0.4, 0.5) is 0 Å². The van der Waals surface area contributed by atoms with E-state index in [0.29, 0.717) is 0 Å². The maximum Gasteiger partial charge on any atom is 0.122 e. The van der Waals surface area contributed by atoms with Crippen molar-refractivity contribution in [3.8, 4) is 0 Å². The molecule has 10 heteroatoms. The van der Waals surface area contributed by atoms with Crippen LogP contribution in [0.25, 0.3) is 0 Å². The summed E-state index contributed by atoms with van der Waals surface area (Å²) in [6.07, 6.45) is 2.49. The number of hydrogen-bond donors (Lipinski definition) is 0. The lowest BCUT2D eigenvalue weighted by Gasteiger charge is -2.17. The Labute approximate surface area is 84.3 Å². The second kappa shape index (κ2) is 5.05. The molecular weight excluding hydrogens is 224 g/mol. The lowest BCUT2D eigenvalue weighted by molar-refractivity contribution is 3.62. The van der Waals surface area contributed by atoms with Gasteiger partial charge in [-0.25, -0.2) is 0 Å². The van der Waals surface area contributed by atoms with Crippen molar-refractivity contribution < 1.29 is 0 Å². The minimum absolute atomic E-state index is 0.818. The van der Waals surface area contributed by atoms with Crippen LogP contribution in [0.2, 0.25) is 0 Å². The predicted octanol–water partition coefficient (Wildman–Crippen LogP) is -5.22. The Morgan fingerprint density at radius 1 is 0.800 bits per heavy atom. The van der Waals surface area contributed by atoms with Crippen LogP contribution in [0.5, 0.6) is 0 Å². The molecule has 0 heterocycles. The Bertz CT molecular complexity index is 74.7. The molecule has 0 aliphatic heterocycles. The van der Waals surface area contributed by atoms with Gasteiger partial charge in [-0.05, 0) is 0 Å². The van der Waals surface area contributed by atoms with E-state index in [-0.39, 0.29) is 0 Å². The first-order valence-electron chi connectivity index (χ1n) is 4.10. The molecule has 0 saturated heterocycles. The number of halogens is 1. The van der Waals surface area contributed by atoms with Gasteiger partial charge in [0.15, 0.2) is 0 Å². The summed E-state index contributed by atoms with van der Waals surface area (Å²) in [5.41, 5.74) is 0. The fourth-order valence-corrected chi connectivity index (χ4v) is 1.81. The number of hydrogen-bond acceptors (Lipinski definition) is 0. The van der Waals surface area contributed by atoms with Crippen LogP contribution in [-0.2, 0) is 0 Å². The van der Waals surface area contributed by atoms with Crippen molar-refractivity contribution in [1.29, 1.82) is 0 Å². The van der Waals surface area contributed by atoms with E-state index in [1.807, 2.05) is 0 Å². The molecule has 0 fully saturated rings. The molecule has 44 valence electrons. The second-order valence-electron chi connectivity index (χ2n) is 3.79. The fraction of sp³-hybridized carbons (Fsp3) is 0. The Hall–Kier alpha value is 1.31. The summed E-state index contributed by atoms with van der Waals surface area (Å²) in [5, 5.41) is 0. The highest BCUT2D eigenvalue weighted by molar-refractivity contribution is 14.1. The molecule has 0 aliphatic rings. The minimum atomic E-state index is 0.818. The van der Waals surface area contributed by atoms with E-state index >= 15 is 0 Å². The topological polar surface area (TPSA) is 0 Å². The van der Waals surface area contributed by atoms with Gasteiger partial charge in [-0.15, -0.1) is 0 Å². The van der Waals surface area contributed by atoms with Gasteiger partial charge in [-0.3, -0.25) is 0 Å². The predicted molar refractivity (Wildman–Crippen MR) is 79.8 cm³/mol. The highest BCUT2D eigenvalue weighted by atomic mass is 127. The Morgan fingerprint density at radius 3 is 1.30 bits per heavy atom. The van der Waals surface area contributed by atoms with Gasteiger partial charge in [-0.2, -0.15) is 22.4 Å². The maximum absolute atomic E-state index is 2.57. The molecule has 0 amide bonds. The van der Waals surface area contributed by atoms with Crippen LogP contribution in [-0.4, -0.2) is 62.2 Å². The molecule has 0 radical (unpaired) electrons. The summed E-state index contributed by atoms with van der Waals surface area (Å²) >= 11 is 2.57. The third-order valence-corrected chi connectivity index (χ3v) is 4.76. The highest BCUT2D eigenvalue weighted by Crippen LogP contribution is 1.98. The first kappa shape index (κ1) is 11.3. The highest BCUT2D eigenvalue weighted by Gasteiger charge is 2.27. The molecule has 0 bridgehead atoms. The molecule has 0 aliphatic carbocycles. The molecule has 0 aromatic carbocycles. The van der Waals surface area contributed by atoms with Crippen molar-refractivity contribution in [3.63, 3.8) is 0 Å². The summed E-state index contributed by atoms with van der Waals surface area (Å²) in [5.74, 6) is 0. The summed E-state index contributed by atoms with van der Waals surface area (Å²) < 4.78 is 0.831. The molecule has 0 saturated carbocycles. The normalized spacial score (nSPS) is 8.50. The maximum atomic E-state index is 2.57. The van der Waals surface area contributed by atoms with Gasteiger partial charge in [0, 0.05) is 19.2 Å². The molecule has 0 spiro atoms. The van der Waals surface area contributed by atoms with Gasteiger partial charge in [0.25, 0.3) is 0 Å². The molecular formula is H10B9I. The van der Waals surface area contributed by atoms with Crippen molar-refractivity contribution in [2.75, 3.05) is 0 Å². The zero-order valence-electron chi connectivity index (χ0n) is 7.69. The van der Waals surface area contributed by atoms with Gasteiger partial charge in [0.05, 0.1) is 38.7 Å². The zero-order chi connectivity index (χ0) is 8.31. The van der Waals surface area contributed by atoms with E-state index in [1.54, 1.807) is 0 Å². The average Bonchev–Trinajstić information content (AvgIpc) is 1.84. The van der Waals surface area contributed by atoms with E-state index in [1.165, 1.54) is 0 Å². The lowest BCUT2D eigenvalue weighted by atomic mass is 8.69. The van der Waals surface area contributed by atoms with Crippen LogP contribution in [0.3, 0.4) is 0 Å². The van der Waals surface area contributed by atoms with Crippen molar-refractivity contribution in [2.45, 2.75) is 0 Å². The molecule has 0 atom stereocenters. The molecule has 0 N–H and O–H groups in total. The fourth-order valence-electron chi connectivity index (χ4n) is 0.975. The summed E-state index contributed by atoms with van der Waals surface area (Å²) in [6, 6.07) is 0. The molecule has 10 heavy (non-hydrogen) atoms. The smallest absolute Gasteiger partial charge is 0.122 e. The standard InChI is InChI=1S/B9H10I/c1-6(2)8(5)9(10)7(3)4/h1-5H2. The van der Waals surface area contributed by atoms with Gasteiger partial charge < -0.3 is 0 Å². The minimum Gasteiger partial charge on any atom is -0.173 e. The largest absolute Gasteiger partial charge is 0.173 e. The second-order valence-corrected chi connectivity index (χ2v) is 5.23. The SMILES string of the molecule is BB(B)B(B)B(I)B(B)B. The Kier molecular flexibility index (Phi) is 5.71. The third kappa shape index (κ3) is 3.63. The van der Waals surface area contributed by atoms with E-state index in [9.17, 15) is 0 Å². The van der Waals surface area contributed by atoms with Crippen molar-refractivity contribution in [2.24, 2.45) is 0 Å². The van der Waals surface area contributed by atoms with Crippen LogP contribution >= 0.6 is 22.4 Å². The molecule has 0 unspecified atom stereocenters. The van der Waals surface area contributed by atoms with E-state index in [0.717, 1.165) is 23.5 Å². The van der Waals surface area contributed by atoms with Crippen molar-refractivity contribution in [3.05, 3.63) is 0 Å². The van der Waals surface area contributed by atoms with Gasteiger partial charge in [-0.1, -0.05) is 0 Å². The van der Waals surface area contributed by atoms with E-state index in [4.69, 9.17) is 0 Å². The summed E-state index contributed by atoms with van der Waals surface area (Å²) in [4.78, 5) is 0. The summed E-state index contributed by atoms with van der Waals surface area (Å²) in [6.45, 7) is 0. The van der Waals surface area contributed by atoms with Gasteiger partial charge >= 0.3 is 0 Å². The number of rotatable bonds is 3. The zero-order valence-corrected chi connectivity index (χ0v) is 9.84. The first-order valence-corrected chi connectivity index (χ1v) is 5.35. The molecule has 0 rings (SSSR count). The monoisotopic (exact) mass is 236 g/mol. The van der Waals surface area contributed by atoms with Crippen molar-refractivity contribution >= 4 is 84.6 Å². The van der Waals surface area contributed by atoms with Crippen LogP contribution < -0.4 is 0 Å². The molecule has 0 aromatic rings. The summed E-state index contributed by atoms with van der Waals surface area (Å²) in [7, 11) is 11.6. The van der Waals surface area contributed by atoms with E-state index < -0.39 is 0 Å². The van der Waals surface area contributed by atoms with Crippen LogP contribution in [0.15, 0.2) is 0 Å². The molecule has 0 aromatic heterocycles.